The van der Waals surface area contributed by atoms with Crippen molar-refractivity contribution in [3.8, 4) is 0 Å². The number of aryl methyl sites for hydroxylation is 1. The summed E-state index contributed by atoms with van der Waals surface area (Å²) in [5, 5.41) is 0.564. The van der Waals surface area contributed by atoms with Crippen molar-refractivity contribution in [1.29, 1.82) is 0 Å². The Morgan fingerprint density at radius 3 is 2.67 bits per heavy atom. The quantitative estimate of drug-likeness (QED) is 0.672. The summed E-state index contributed by atoms with van der Waals surface area (Å²) in [4.78, 5) is 16.8. The molecule has 0 saturated heterocycles. The van der Waals surface area contributed by atoms with Crippen LogP contribution in [-0.2, 0) is 7.05 Å². The summed E-state index contributed by atoms with van der Waals surface area (Å²) in [6.07, 6.45) is 0. The first-order valence-corrected chi connectivity index (χ1v) is 7.34. The van der Waals surface area contributed by atoms with Crippen LogP contribution in [0.2, 0.25) is 5.02 Å². The Balaban J connectivity index is 2.09. The Labute approximate surface area is 128 Å². The standard InChI is InChI=1S/C15H10ClFN2OS/c1-19-12-7-6-11(17)8-13(12)21-15(19)18-14(20)9-2-4-10(16)5-3-9/h2-8H,1H3. The maximum atomic E-state index is 13.2. The first kappa shape index (κ1) is 14.0. The summed E-state index contributed by atoms with van der Waals surface area (Å²) in [6.45, 7) is 0. The number of carbonyl (C=O) groups is 1. The monoisotopic (exact) mass is 320 g/mol. The second-order valence-electron chi connectivity index (χ2n) is 4.48. The van der Waals surface area contributed by atoms with Gasteiger partial charge in [0, 0.05) is 17.6 Å². The second kappa shape index (κ2) is 5.42. The molecule has 21 heavy (non-hydrogen) atoms. The zero-order chi connectivity index (χ0) is 15.0. The average Bonchev–Trinajstić information content (AvgIpc) is 2.75. The van der Waals surface area contributed by atoms with Crippen molar-refractivity contribution in [2.45, 2.75) is 0 Å². The van der Waals surface area contributed by atoms with Crippen LogP contribution in [0.3, 0.4) is 0 Å². The van der Waals surface area contributed by atoms with Gasteiger partial charge in [0.1, 0.15) is 5.82 Å². The van der Waals surface area contributed by atoms with Gasteiger partial charge in [-0.2, -0.15) is 4.99 Å². The SMILES string of the molecule is Cn1c(=NC(=O)c2ccc(Cl)cc2)sc2cc(F)ccc21. The lowest BCUT2D eigenvalue weighted by atomic mass is 10.2. The maximum Gasteiger partial charge on any atom is 0.279 e. The molecule has 0 atom stereocenters. The summed E-state index contributed by atoms with van der Waals surface area (Å²) in [7, 11) is 1.80. The lowest BCUT2D eigenvalue weighted by Gasteiger charge is -1.96. The molecule has 0 N–H and O–H groups in total. The fourth-order valence-corrected chi connectivity index (χ4v) is 3.13. The summed E-state index contributed by atoms with van der Waals surface area (Å²) in [6, 6.07) is 11.0. The molecule has 0 aliphatic heterocycles. The molecule has 0 unspecified atom stereocenters. The molecule has 0 saturated carbocycles. The molecule has 0 aliphatic carbocycles. The van der Waals surface area contributed by atoms with Gasteiger partial charge < -0.3 is 4.57 Å². The van der Waals surface area contributed by atoms with E-state index < -0.39 is 0 Å². The second-order valence-corrected chi connectivity index (χ2v) is 5.93. The molecular weight excluding hydrogens is 311 g/mol. The number of halogens is 2. The van der Waals surface area contributed by atoms with Crippen LogP contribution in [0.25, 0.3) is 10.2 Å². The number of aromatic nitrogens is 1. The number of rotatable bonds is 1. The molecule has 0 aliphatic rings. The Hall–Kier alpha value is -1.98. The van der Waals surface area contributed by atoms with Crippen LogP contribution >= 0.6 is 22.9 Å². The number of benzene rings is 2. The van der Waals surface area contributed by atoms with Crippen molar-refractivity contribution in [1.82, 2.24) is 4.57 Å². The van der Waals surface area contributed by atoms with Gasteiger partial charge in [-0.15, -0.1) is 0 Å². The van der Waals surface area contributed by atoms with Crippen molar-refractivity contribution >= 4 is 39.1 Å². The molecule has 1 heterocycles. The Morgan fingerprint density at radius 2 is 1.95 bits per heavy atom. The third kappa shape index (κ3) is 2.75. The van der Waals surface area contributed by atoms with E-state index in [-0.39, 0.29) is 11.7 Å². The Bertz CT molecular complexity index is 896. The van der Waals surface area contributed by atoms with Gasteiger partial charge in [0.05, 0.1) is 10.2 Å². The zero-order valence-corrected chi connectivity index (χ0v) is 12.6. The van der Waals surface area contributed by atoms with Crippen LogP contribution in [0.1, 0.15) is 10.4 Å². The van der Waals surface area contributed by atoms with Gasteiger partial charge in [-0.05, 0) is 42.5 Å². The van der Waals surface area contributed by atoms with Gasteiger partial charge in [0.15, 0.2) is 4.80 Å². The largest absolute Gasteiger partial charge is 0.319 e. The van der Waals surface area contributed by atoms with Crippen molar-refractivity contribution < 1.29 is 9.18 Å². The maximum absolute atomic E-state index is 13.2. The van der Waals surface area contributed by atoms with E-state index in [4.69, 9.17) is 11.6 Å². The minimum absolute atomic E-state index is 0.306. The molecule has 3 nitrogen and oxygen atoms in total. The summed E-state index contributed by atoms with van der Waals surface area (Å²) < 4.78 is 15.8. The number of nitrogens with zero attached hydrogens (tertiary/aromatic N) is 2. The summed E-state index contributed by atoms with van der Waals surface area (Å²) >= 11 is 7.06. The minimum Gasteiger partial charge on any atom is -0.319 e. The smallest absolute Gasteiger partial charge is 0.279 e. The highest BCUT2D eigenvalue weighted by atomic mass is 35.5. The predicted molar refractivity (Wildman–Crippen MR) is 82.1 cm³/mol. The Kier molecular flexibility index (Phi) is 3.61. The van der Waals surface area contributed by atoms with Gasteiger partial charge in [-0.3, -0.25) is 4.79 Å². The molecule has 3 rings (SSSR count). The van der Waals surface area contributed by atoms with Gasteiger partial charge in [-0.1, -0.05) is 22.9 Å². The van der Waals surface area contributed by atoms with E-state index in [2.05, 4.69) is 4.99 Å². The fourth-order valence-electron chi connectivity index (χ4n) is 1.96. The predicted octanol–water partition coefficient (Wildman–Crippen LogP) is 3.77. The molecule has 2 aromatic carbocycles. The van der Waals surface area contributed by atoms with Crippen LogP contribution < -0.4 is 4.80 Å². The highest BCUT2D eigenvalue weighted by molar-refractivity contribution is 7.16. The molecule has 1 amide bonds. The van der Waals surface area contributed by atoms with E-state index in [1.165, 1.54) is 23.5 Å². The molecule has 0 fully saturated rings. The van der Waals surface area contributed by atoms with E-state index in [1.54, 1.807) is 41.9 Å². The van der Waals surface area contributed by atoms with Crippen molar-refractivity contribution in [2.24, 2.45) is 12.0 Å². The highest BCUT2D eigenvalue weighted by Gasteiger charge is 2.07. The number of hydrogen-bond donors (Lipinski definition) is 0. The first-order valence-electron chi connectivity index (χ1n) is 6.14. The highest BCUT2D eigenvalue weighted by Crippen LogP contribution is 2.17. The molecule has 1 aromatic heterocycles. The van der Waals surface area contributed by atoms with Crippen LogP contribution in [0.4, 0.5) is 4.39 Å². The van der Waals surface area contributed by atoms with Gasteiger partial charge in [-0.25, -0.2) is 4.39 Å². The number of fused-ring (bicyclic) bond motifs is 1. The number of carbonyl (C=O) groups excluding carboxylic acids is 1. The molecule has 0 bridgehead atoms. The van der Waals surface area contributed by atoms with Crippen molar-refractivity contribution in [3.63, 3.8) is 0 Å². The topological polar surface area (TPSA) is 34.4 Å². The molecule has 6 heteroatoms. The normalized spacial score (nSPS) is 12.0. The summed E-state index contributed by atoms with van der Waals surface area (Å²) in [5.41, 5.74) is 1.30. The first-order chi connectivity index (χ1) is 10.0. The Morgan fingerprint density at radius 1 is 1.24 bits per heavy atom. The molecule has 0 radical (unpaired) electrons. The third-order valence-electron chi connectivity index (χ3n) is 3.06. The van der Waals surface area contributed by atoms with E-state index in [0.29, 0.717) is 15.4 Å². The number of amides is 1. The van der Waals surface area contributed by atoms with Crippen LogP contribution in [0.15, 0.2) is 47.5 Å². The van der Waals surface area contributed by atoms with Crippen LogP contribution in [0.5, 0.6) is 0 Å². The van der Waals surface area contributed by atoms with Crippen molar-refractivity contribution in [2.75, 3.05) is 0 Å². The van der Waals surface area contributed by atoms with Gasteiger partial charge >= 0.3 is 0 Å². The van der Waals surface area contributed by atoms with E-state index >= 15 is 0 Å². The fraction of sp³-hybridized carbons (Fsp3) is 0.0667. The van der Waals surface area contributed by atoms with Gasteiger partial charge in [0.2, 0.25) is 0 Å². The number of hydrogen-bond acceptors (Lipinski definition) is 2. The molecular formula is C15H10ClFN2OS. The van der Waals surface area contributed by atoms with E-state index in [1.807, 2.05) is 0 Å². The molecule has 3 aromatic rings. The van der Waals surface area contributed by atoms with Crippen LogP contribution in [-0.4, -0.2) is 10.5 Å². The van der Waals surface area contributed by atoms with E-state index in [0.717, 1.165) is 10.2 Å². The molecule has 0 spiro atoms. The van der Waals surface area contributed by atoms with Crippen molar-refractivity contribution in [3.05, 3.63) is 63.7 Å². The lowest BCUT2D eigenvalue weighted by molar-refractivity contribution is 0.0998. The summed E-state index contributed by atoms with van der Waals surface area (Å²) in [5.74, 6) is -0.658. The zero-order valence-electron chi connectivity index (χ0n) is 11.0. The average molecular weight is 321 g/mol. The lowest BCUT2D eigenvalue weighted by Crippen LogP contribution is -2.13. The third-order valence-corrected chi connectivity index (χ3v) is 4.41. The van der Waals surface area contributed by atoms with Crippen LogP contribution in [0, 0.1) is 5.82 Å². The number of thiazole rings is 1. The minimum atomic E-state index is -0.353. The van der Waals surface area contributed by atoms with Gasteiger partial charge in [0.25, 0.3) is 5.91 Å². The van der Waals surface area contributed by atoms with E-state index in [9.17, 15) is 9.18 Å². The molecule has 106 valence electrons.